The third kappa shape index (κ3) is 2.69. The van der Waals surface area contributed by atoms with Crippen molar-refractivity contribution >= 4 is 23.8 Å². The lowest BCUT2D eigenvalue weighted by Gasteiger charge is -2.10. The first-order valence-corrected chi connectivity index (χ1v) is 5.27. The predicted octanol–water partition coefficient (Wildman–Crippen LogP) is 0.361. The number of hydrogen-bond donors (Lipinski definition) is 2. The second-order valence-corrected chi connectivity index (χ2v) is 3.83. The van der Waals surface area contributed by atoms with Gasteiger partial charge in [0.1, 0.15) is 6.04 Å². The Labute approximate surface area is 98.2 Å². The smallest absolute Gasteiger partial charge is 0.246 e. The van der Waals surface area contributed by atoms with Crippen molar-refractivity contribution in [2.75, 3.05) is 5.32 Å². The zero-order chi connectivity index (χ0) is 12.3. The summed E-state index contributed by atoms with van der Waals surface area (Å²) >= 11 is 0. The van der Waals surface area contributed by atoms with Crippen LogP contribution in [0.5, 0.6) is 0 Å². The summed E-state index contributed by atoms with van der Waals surface area (Å²) in [5.41, 5.74) is 1.02. The van der Waals surface area contributed by atoms with Crippen LogP contribution >= 0.6 is 0 Å². The minimum Gasteiger partial charge on any atom is -0.344 e. The fourth-order valence-corrected chi connectivity index (χ4v) is 1.66. The van der Waals surface area contributed by atoms with E-state index < -0.39 is 6.04 Å². The lowest BCUT2D eigenvalue weighted by molar-refractivity contribution is -0.122. The number of nitrogens with one attached hydrogen (secondary N) is 2. The molecule has 5 heteroatoms. The van der Waals surface area contributed by atoms with Gasteiger partial charge in [0.05, 0.1) is 0 Å². The zero-order valence-corrected chi connectivity index (χ0v) is 9.03. The largest absolute Gasteiger partial charge is 0.344 e. The topological polar surface area (TPSA) is 75.3 Å². The molecular weight excluding hydrogens is 220 g/mol. The van der Waals surface area contributed by atoms with E-state index in [1.807, 2.05) is 0 Å². The van der Waals surface area contributed by atoms with Crippen LogP contribution in [-0.2, 0) is 14.4 Å². The Balaban J connectivity index is 1.97. The van der Waals surface area contributed by atoms with Gasteiger partial charge in [0.25, 0.3) is 0 Å². The van der Waals surface area contributed by atoms with E-state index in [0.29, 0.717) is 24.1 Å². The highest BCUT2D eigenvalue weighted by molar-refractivity contribution is 5.99. The minimum atomic E-state index is -0.459. The van der Waals surface area contributed by atoms with E-state index in [1.165, 1.54) is 0 Å². The molecule has 0 bridgehead atoms. The average molecular weight is 231 g/mol. The molecule has 17 heavy (non-hydrogen) atoms. The van der Waals surface area contributed by atoms with E-state index in [2.05, 4.69) is 10.6 Å². The van der Waals surface area contributed by atoms with Gasteiger partial charge >= 0.3 is 0 Å². The molecule has 1 saturated heterocycles. The van der Waals surface area contributed by atoms with Gasteiger partial charge in [-0.25, -0.2) is 0 Å². The summed E-state index contributed by atoms with van der Waals surface area (Å²) in [5.74, 6) is -0.338. The number of carbonyl (C=O) groups excluding carboxylic acids is 3. The van der Waals surface area contributed by atoms with E-state index in [4.69, 9.17) is 0 Å². The molecule has 1 heterocycles. The molecule has 0 aliphatic carbocycles. The summed E-state index contributed by atoms with van der Waals surface area (Å²) in [7, 11) is 0. The summed E-state index contributed by atoms with van der Waals surface area (Å²) in [6, 6.07) is 5.91. The van der Waals surface area contributed by atoms with Gasteiger partial charge in [-0.1, -0.05) is 0 Å². The standard InChI is InChI=1S/C12H11N2O3/c15-7-8-1-3-9(4-2-8)13-12(17)10-5-6-11(16)14-10/h1-4,10H,5-6H2,(H,13,17)(H,14,16)/t10-/m0/s1. The van der Waals surface area contributed by atoms with E-state index in [1.54, 1.807) is 30.6 Å². The second kappa shape index (κ2) is 4.78. The van der Waals surface area contributed by atoms with Crippen LogP contribution in [0.25, 0.3) is 0 Å². The van der Waals surface area contributed by atoms with E-state index in [-0.39, 0.29) is 11.8 Å². The third-order valence-corrected chi connectivity index (χ3v) is 2.58. The molecule has 1 radical (unpaired) electrons. The first kappa shape index (κ1) is 11.3. The molecule has 1 aliphatic rings. The average Bonchev–Trinajstić information content (AvgIpc) is 2.77. The van der Waals surface area contributed by atoms with Crippen molar-refractivity contribution in [2.24, 2.45) is 0 Å². The van der Waals surface area contributed by atoms with Crippen LogP contribution in [0.4, 0.5) is 5.69 Å². The van der Waals surface area contributed by atoms with Crippen LogP contribution < -0.4 is 10.6 Å². The number of amides is 2. The number of carbonyl (C=O) groups is 2. The van der Waals surface area contributed by atoms with Crippen molar-refractivity contribution in [3.05, 3.63) is 29.8 Å². The first-order valence-electron chi connectivity index (χ1n) is 5.27. The molecule has 0 saturated carbocycles. The number of anilines is 1. The summed E-state index contributed by atoms with van der Waals surface area (Å²) < 4.78 is 0. The van der Waals surface area contributed by atoms with Gasteiger partial charge in [0.15, 0.2) is 0 Å². The third-order valence-electron chi connectivity index (χ3n) is 2.58. The molecule has 1 aliphatic heterocycles. The molecule has 1 atom stereocenters. The lowest BCUT2D eigenvalue weighted by Crippen LogP contribution is -2.37. The maximum Gasteiger partial charge on any atom is 0.246 e. The van der Waals surface area contributed by atoms with Gasteiger partial charge < -0.3 is 10.6 Å². The number of benzene rings is 1. The Morgan fingerprint density at radius 2 is 2.06 bits per heavy atom. The summed E-state index contributed by atoms with van der Waals surface area (Å²) in [6.07, 6.45) is 2.65. The molecular formula is C12H11N2O3. The van der Waals surface area contributed by atoms with Gasteiger partial charge in [-0.2, -0.15) is 0 Å². The number of hydrogen-bond acceptors (Lipinski definition) is 3. The van der Waals surface area contributed by atoms with Crippen LogP contribution in [0.3, 0.4) is 0 Å². The van der Waals surface area contributed by atoms with Gasteiger partial charge in [-0.15, -0.1) is 0 Å². The van der Waals surface area contributed by atoms with Gasteiger partial charge in [-0.05, 0) is 30.7 Å². The van der Waals surface area contributed by atoms with E-state index in [0.717, 1.165) is 0 Å². The quantitative estimate of drug-likeness (QED) is 0.788. The molecule has 2 amide bonds. The van der Waals surface area contributed by atoms with Crippen molar-refractivity contribution in [2.45, 2.75) is 18.9 Å². The molecule has 0 spiro atoms. The van der Waals surface area contributed by atoms with Crippen molar-refractivity contribution in [1.82, 2.24) is 5.32 Å². The van der Waals surface area contributed by atoms with Crippen LogP contribution in [-0.4, -0.2) is 24.1 Å². The molecule has 5 nitrogen and oxygen atoms in total. The molecule has 0 aromatic heterocycles. The van der Waals surface area contributed by atoms with Gasteiger partial charge in [-0.3, -0.25) is 14.4 Å². The second-order valence-electron chi connectivity index (χ2n) is 3.83. The van der Waals surface area contributed by atoms with Crippen LogP contribution in [0.1, 0.15) is 18.4 Å². The highest BCUT2D eigenvalue weighted by Crippen LogP contribution is 2.12. The van der Waals surface area contributed by atoms with Gasteiger partial charge in [0.2, 0.25) is 18.1 Å². The highest BCUT2D eigenvalue weighted by atomic mass is 16.2. The Morgan fingerprint density at radius 3 is 2.59 bits per heavy atom. The normalized spacial score (nSPS) is 18.6. The Hall–Kier alpha value is -2.17. The fourth-order valence-electron chi connectivity index (χ4n) is 1.66. The lowest BCUT2D eigenvalue weighted by atomic mass is 10.2. The predicted molar refractivity (Wildman–Crippen MR) is 61.0 cm³/mol. The first-order chi connectivity index (χ1) is 8.19. The van der Waals surface area contributed by atoms with Crippen LogP contribution in [0.15, 0.2) is 24.3 Å². The number of rotatable bonds is 3. The maximum atomic E-state index is 11.7. The molecule has 1 aromatic rings. The Morgan fingerprint density at radius 1 is 1.35 bits per heavy atom. The van der Waals surface area contributed by atoms with E-state index >= 15 is 0 Å². The fraction of sp³-hybridized carbons (Fsp3) is 0.250. The molecule has 2 N–H and O–H groups in total. The van der Waals surface area contributed by atoms with Crippen molar-refractivity contribution in [3.8, 4) is 0 Å². The zero-order valence-electron chi connectivity index (χ0n) is 9.03. The summed E-state index contributed by atoms with van der Waals surface area (Å²) in [4.78, 5) is 33.0. The Kier molecular flexibility index (Phi) is 3.18. The van der Waals surface area contributed by atoms with Gasteiger partial charge in [0, 0.05) is 17.7 Å². The Bertz CT molecular complexity index is 453. The monoisotopic (exact) mass is 231 g/mol. The van der Waals surface area contributed by atoms with Crippen molar-refractivity contribution in [1.29, 1.82) is 0 Å². The molecule has 1 fully saturated rings. The molecule has 2 rings (SSSR count). The SMILES string of the molecule is O=[C]c1ccc(NC(=O)[C@@H]2CCC(=O)N2)cc1. The molecule has 0 unspecified atom stereocenters. The highest BCUT2D eigenvalue weighted by Gasteiger charge is 2.26. The maximum absolute atomic E-state index is 11.7. The van der Waals surface area contributed by atoms with Crippen LogP contribution in [0.2, 0.25) is 0 Å². The molecule has 87 valence electrons. The van der Waals surface area contributed by atoms with E-state index in [9.17, 15) is 14.4 Å². The minimum absolute atomic E-state index is 0.101. The van der Waals surface area contributed by atoms with Crippen molar-refractivity contribution in [3.63, 3.8) is 0 Å². The summed E-state index contributed by atoms with van der Waals surface area (Å²) in [5, 5.41) is 5.26. The van der Waals surface area contributed by atoms with Crippen LogP contribution in [0, 0.1) is 0 Å². The molecule has 1 aromatic carbocycles. The van der Waals surface area contributed by atoms with Crippen molar-refractivity contribution < 1.29 is 14.4 Å². The summed E-state index contributed by atoms with van der Waals surface area (Å²) in [6.45, 7) is 0.